The largest absolute Gasteiger partial charge is 0.496 e. The molecule has 10 heteroatoms. The molecule has 0 N–H and O–H groups in total. The molecule has 2 aliphatic heterocycles. The summed E-state index contributed by atoms with van der Waals surface area (Å²) in [5.41, 5.74) is 1.60. The zero-order valence-corrected chi connectivity index (χ0v) is 22.9. The molecule has 2 heterocycles. The molecule has 0 unspecified atom stereocenters. The van der Waals surface area contributed by atoms with Crippen molar-refractivity contribution in [3.63, 3.8) is 0 Å². The number of cyclic esters (lactones) is 2. The van der Waals surface area contributed by atoms with E-state index in [4.69, 9.17) is 18.9 Å². The van der Waals surface area contributed by atoms with E-state index in [1.165, 1.54) is 33.5 Å². The first kappa shape index (κ1) is 32.4. The summed E-state index contributed by atoms with van der Waals surface area (Å²) < 4.78 is 29.1. The minimum atomic E-state index is -0.508. The molecule has 0 bridgehead atoms. The summed E-state index contributed by atoms with van der Waals surface area (Å²) in [4.78, 5) is 43.9. The third-order valence-corrected chi connectivity index (χ3v) is 4.84. The lowest BCUT2D eigenvalue weighted by Crippen LogP contribution is -2.19. The zero-order valence-electron chi connectivity index (χ0n) is 22.9. The molecule has 2 aromatic rings. The molecule has 0 radical (unpaired) electrons. The predicted octanol–water partition coefficient (Wildman–Crippen LogP) is 4.25. The molecule has 2 aromatic carbocycles. The van der Waals surface area contributed by atoms with Crippen LogP contribution in [-0.2, 0) is 28.5 Å². The fourth-order valence-electron chi connectivity index (χ4n) is 3.05. The average Bonchev–Trinajstić information content (AvgIpc) is 3.63. The van der Waals surface area contributed by atoms with E-state index in [1.807, 2.05) is 13.8 Å². The molecule has 210 valence electrons. The van der Waals surface area contributed by atoms with Crippen LogP contribution in [-0.4, -0.2) is 64.5 Å². The highest BCUT2D eigenvalue weighted by molar-refractivity contribution is 5.94. The summed E-state index contributed by atoms with van der Waals surface area (Å²) in [6.07, 6.45) is 5.46. The number of esters is 4. The van der Waals surface area contributed by atoms with Crippen molar-refractivity contribution in [2.24, 2.45) is 0 Å². The predicted molar refractivity (Wildman–Crippen MR) is 143 cm³/mol. The van der Waals surface area contributed by atoms with Gasteiger partial charge < -0.3 is 28.4 Å². The van der Waals surface area contributed by atoms with Crippen molar-refractivity contribution in [1.82, 2.24) is 0 Å². The van der Waals surface area contributed by atoms with Crippen molar-refractivity contribution in [3.05, 3.63) is 83.5 Å². The number of carbonyl (C=O) groups excluding carboxylic acids is 4. The Morgan fingerprint density at radius 1 is 0.872 bits per heavy atom. The fraction of sp³-hybridized carbons (Fsp3) is 0.310. The monoisotopic (exact) mass is 542 g/mol. The molecule has 0 aliphatic carbocycles. The molecule has 0 saturated heterocycles. The van der Waals surface area contributed by atoms with Gasteiger partial charge in [-0.1, -0.05) is 38.1 Å². The van der Waals surface area contributed by atoms with Gasteiger partial charge in [0.05, 0.1) is 21.3 Å². The van der Waals surface area contributed by atoms with E-state index in [1.54, 1.807) is 61.5 Å². The van der Waals surface area contributed by atoms with Gasteiger partial charge in [-0.2, -0.15) is 0 Å². The van der Waals surface area contributed by atoms with Crippen LogP contribution in [0.1, 0.15) is 40.1 Å². The summed E-state index contributed by atoms with van der Waals surface area (Å²) in [6.45, 7) is 6.26. The molecular weight excluding hydrogens is 508 g/mol. The first-order valence-corrected chi connectivity index (χ1v) is 12.0. The highest BCUT2D eigenvalue weighted by atomic mass is 16.6. The molecule has 0 saturated carbocycles. The Morgan fingerprint density at radius 3 is 2.05 bits per heavy atom. The molecule has 1 atom stereocenters. The van der Waals surface area contributed by atoms with Crippen LogP contribution < -0.4 is 9.47 Å². The number of carbonyl (C=O) groups is 4. The van der Waals surface area contributed by atoms with Gasteiger partial charge in [0.15, 0.2) is 6.10 Å². The second-order valence-electron chi connectivity index (χ2n) is 7.31. The zero-order chi connectivity index (χ0) is 29.2. The quantitative estimate of drug-likeness (QED) is 0.386. The highest BCUT2D eigenvalue weighted by Crippen LogP contribution is 2.23. The number of hydrogen-bond acceptors (Lipinski definition) is 10. The molecule has 0 aromatic heterocycles. The van der Waals surface area contributed by atoms with Crippen LogP contribution in [0.3, 0.4) is 0 Å². The minimum Gasteiger partial charge on any atom is -0.496 e. The lowest BCUT2D eigenvalue weighted by atomic mass is 10.1. The van der Waals surface area contributed by atoms with Gasteiger partial charge in [0.25, 0.3) is 0 Å². The van der Waals surface area contributed by atoms with Crippen LogP contribution in [0.25, 0.3) is 0 Å². The van der Waals surface area contributed by atoms with Gasteiger partial charge >= 0.3 is 23.9 Å². The van der Waals surface area contributed by atoms with E-state index in [0.717, 1.165) is 5.56 Å². The van der Waals surface area contributed by atoms with E-state index in [0.29, 0.717) is 29.2 Å². The van der Waals surface area contributed by atoms with Crippen LogP contribution in [0.2, 0.25) is 0 Å². The van der Waals surface area contributed by atoms with Gasteiger partial charge in [-0.25, -0.2) is 19.2 Å². The van der Waals surface area contributed by atoms with Crippen molar-refractivity contribution >= 4 is 23.9 Å². The van der Waals surface area contributed by atoms with Crippen molar-refractivity contribution in [1.29, 1.82) is 0 Å². The van der Waals surface area contributed by atoms with E-state index in [-0.39, 0.29) is 18.5 Å². The van der Waals surface area contributed by atoms with E-state index >= 15 is 0 Å². The molecular formula is C29H34O10. The maximum absolute atomic E-state index is 12.0. The third-order valence-electron chi connectivity index (χ3n) is 4.84. The first-order chi connectivity index (χ1) is 18.8. The number of benzene rings is 2. The highest BCUT2D eigenvalue weighted by Gasteiger charge is 2.21. The molecule has 0 fully saturated rings. The van der Waals surface area contributed by atoms with Crippen LogP contribution >= 0.6 is 0 Å². The summed E-state index contributed by atoms with van der Waals surface area (Å²) in [5.74, 6) is -0.531. The number of aryl methyl sites for hydroxylation is 1. The van der Waals surface area contributed by atoms with E-state index in [9.17, 15) is 19.2 Å². The number of methoxy groups -OCH3 is 3. The Labute approximate surface area is 228 Å². The maximum atomic E-state index is 12.0. The lowest BCUT2D eigenvalue weighted by molar-refractivity contribution is -0.140. The van der Waals surface area contributed by atoms with Gasteiger partial charge in [-0.3, -0.25) is 0 Å². The Hall–Kier alpha value is -4.60. The molecule has 2 aliphatic rings. The van der Waals surface area contributed by atoms with Gasteiger partial charge in [0, 0.05) is 12.2 Å². The molecule has 10 nitrogen and oxygen atoms in total. The number of para-hydroxylation sites is 1. The number of ether oxygens (including phenoxy) is 6. The number of rotatable bonds is 6. The lowest BCUT2D eigenvalue weighted by Gasteiger charge is -2.13. The smallest absolute Gasteiger partial charge is 0.342 e. The third kappa shape index (κ3) is 10.7. The van der Waals surface area contributed by atoms with Crippen LogP contribution in [0.15, 0.2) is 66.8 Å². The van der Waals surface area contributed by atoms with Gasteiger partial charge in [-0.15, -0.1) is 0 Å². The Balaban J connectivity index is 0.000000322. The van der Waals surface area contributed by atoms with Crippen LogP contribution in [0.5, 0.6) is 11.5 Å². The first-order valence-electron chi connectivity index (χ1n) is 12.0. The van der Waals surface area contributed by atoms with Crippen molar-refractivity contribution < 1.29 is 47.6 Å². The van der Waals surface area contributed by atoms with E-state index < -0.39 is 18.0 Å². The van der Waals surface area contributed by atoms with Crippen molar-refractivity contribution in [2.45, 2.75) is 26.9 Å². The SMILES string of the molecule is CC.COC(=O)c1ccccc1OC.COc1cccc(C)c1C(=O)OC[C@@H]1C=CC(=O)O1.O=C1C=CCO1. The molecule has 0 amide bonds. The molecule has 0 spiro atoms. The molecule has 39 heavy (non-hydrogen) atoms. The second kappa shape index (κ2) is 17.8. The Morgan fingerprint density at radius 2 is 1.54 bits per heavy atom. The van der Waals surface area contributed by atoms with Crippen molar-refractivity contribution in [2.75, 3.05) is 34.5 Å². The normalized spacial score (nSPS) is 14.2. The van der Waals surface area contributed by atoms with Gasteiger partial charge in [0.1, 0.15) is 35.8 Å². The topological polar surface area (TPSA) is 124 Å². The standard InChI is InChI=1S/C14H14O5.C9H10O3.C4H4O2.C2H6/c1-9-4-3-5-11(17-2)13(9)14(16)18-8-10-6-7-12(15)19-10;1-11-8-6-4-3-5-7(8)9(10)12-2;5-4-2-1-3-6-4;1-2/h3-7,10H,8H2,1-2H3;3-6H,1-2H3;1-2H,3H2;1-2H3/t10-;;;/m0.../s1. The summed E-state index contributed by atoms with van der Waals surface area (Å²) in [6, 6.07) is 12.2. The second-order valence-corrected chi connectivity index (χ2v) is 7.31. The number of hydrogen-bond donors (Lipinski definition) is 0. The van der Waals surface area contributed by atoms with E-state index in [2.05, 4.69) is 9.47 Å². The summed E-state index contributed by atoms with van der Waals surface area (Å²) in [5, 5.41) is 0. The summed E-state index contributed by atoms with van der Waals surface area (Å²) >= 11 is 0. The minimum absolute atomic E-state index is 0.00143. The molecule has 4 rings (SSSR count). The van der Waals surface area contributed by atoms with Gasteiger partial charge in [0.2, 0.25) is 0 Å². The summed E-state index contributed by atoms with van der Waals surface area (Å²) in [7, 11) is 4.35. The maximum Gasteiger partial charge on any atom is 0.342 e. The van der Waals surface area contributed by atoms with Crippen molar-refractivity contribution in [3.8, 4) is 11.5 Å². The Kier molecular flexibility index (Phi) is 14.8. The van der Waals surface area contributed by atoms with Crippen LogP contribution in [0, 0.1) is 6.92 Å². The average molecular weight is 543 g/mol. The van der Waals surface area contributed by atoms with Crippen LogP contribution in [0.4, 0.5) is 0 Å². The van der Waals surface area contributed by atoms with Gasteiger partial charge in [-0.05, 0) is 42.8 Å². The fourth-order valence-corrected chi connectivity index (χ4v) is 3.05. The Bertz CT molecular complexity index is 1170.